The number of ether oxygens (including phenoxy) is 1. The van der Waals surface area contributed by atoms with Gasteiger partial charge in [0.2, 0.25) is 0 Å². The van der Waals surface area contributed by atoms with E-state index in [-0.39, 0.29) is 34.1 Å². The average molecular weight is 503 g/mol. The summed E-state index contributed by atoms with van der Waals surface area (Å²) >= 11 is 0. The van der Waals surface area contributed by atoms with E-state index in [1.807, 2.05) is 0 Å². The summed E-state index contributed by atoms with van der Waals surface area (Å²) in [6, 6.07) is 0. The van der Waals surface area contributed by atoms with E-state index in [0.29, 0.717) is 5.92 Å². The lowest BCUT2D eigenvalue weighted by molar-refractivity contribution is -0.278. The van der Waals surface area contributed by atoms with Gasteiger partial charge in [-0.05, 0) is 97.7 Å². The highest BCUT2D eigenvalue weighted by Gasteiger charge is 2.71. The van der Waals surface area contributed by atoms with Crippen LogP contribution >= 0.6 is 0 Å². The highest BCUT2D eigenvalue weighted by molar-refractivity contribution is 5.76. The highest BCUT2D eigenvalue weighted by atomic mass is 16.5. The third-order valence-electron chi connectivity index (χ3n) is 13.6. The summed E-state index contributed by atoms with van der Waals surface area (Å²) in [4.78, 5) is 12.8. The Morgan fingerprint density at radius 3 is 2.17 bits per heavy atom. The second kappa shape index (κ2) is 7.82. The van der Waals surface area contributed by atoms with Crippen molar-refractivity contribution >= 4 is 5.97 Å². The number of aliphatic hydroxyl groups is 3. The van der Waals surface area contributed by atoms with E-state index in [2.05, 4.69) is 54.5 Å². The molecule has 5 rings (SSSR count). The van der Waals surface area contributed by atoms with Gasteiger partial charge in [-0.1, -0.05) is 53.2 Å². The average Bonchev–Trinajstić information content (AvgIpc) is 2.82. The molecule has 0 saturated heterocycles. The first-order chi connectivity index (χ1) is 16.5. The summed E-state index contributed by atoms with van der Waals surface area (Å²) in [5, 5.41) is 33.5. The third-order valence-corrected chi connectivity index (χ3v) is 13.6. The van der Waals surface area contributed by atoms with Crippen molar-refractivity contribution in [3.8, 4) is 0 Å². The number of hydrogen-bond donors (Lipinski definition) is 3. The number of methoxy groups -OCH3 is 1. The number of aliphatic hydroxyl groups excluding tert-OH is 3. The molecule has 5 nitrogen and oxygen atoms in total. The predicted molar refractivity (Wildman–Crippen MR) is 140 cm³/mol. The van der Waals surface area contributed by atoms with Crippen LogP contribution in [0.2, 0.25) is 0 Å². The normalized spacial score (nSPS) is 55.8. The number of allylic oxidation sites excluding steroid dienone is 2. The van der Waals surface area contributed by atoms with Crippen molar-refractivity contribution in [2.45, 2.75) is 118 Å². The molecule has 0 aliphatic heterocycles. The van der Waals surface area contributed by atoms with Gasteiger partial charge in [0.15, 0.2) is 0 Å². The minimum atomic E-state index is -1.13. The fourth-order valence-corrected chi connectivity index (χ4v) is 10.8. The maximum absolute atomic E-state index is 12.8. The van der Waals surface area contributed by atoms with Crippen LogP contribution in [-0.2, 0) is 9.53 Å². The SMILES string of the molecule is COC(=O)[C@@]1(C)CC[C@]2(C)CC[C@]3(C)C(=CC[C@@H]4[C@@]5(C)[C@@H](O)[C@H](O)[C@H](O)C(C)(C)[C@@H]5CC[C@]43C)[C@@H]2C1. The summed E-state index contributed by atoms with van der Waals surface area (Å²) in [5.41, 5.74) is 0.315. The van der Waals surface area contributed by atoms with Gasteiger partial charge in [0, 0.05) is 5.41 Å². The molecule has 5 heteroatoms. The molecule has 3 N–H and O–H groups in total. The second-order valence-electron chi connectivity index (χ2n) is 15.3. The lowest BCUT2D eigenvalue weighted by atomic mass is 9.33. The van der Waals surface area contributed by atoms with E-state index < -0.39 is 34.6 Å². The van der Waals surface area contributed by atoms with Gasteiger partial charge in [0.25, 0.3) is 0 Å². The number of hydrogen-bond acceptors (Lipinski definition) is 5. The third kappa shape index (κ3) is 3.03. The van der Waals surface area contributed by atoms with Crippen LogP contribution in [0.25, 0.3) is 0 Å². The van der Waals surface area contributed by atoms with Crippen molar-refractivity contribution in [1.82, 2.24) is 0 Å². The Balaban J connectivity index is 1.59. The van der Waals surface area contributed by atoms with Gasteiger partial charge in [0.1, 0.15) is 6.10 Å². The maximum atomic E-state index is 12.8. The lowest BCUT2D eigenvalue weighted by Crippen LogP contribution is -2.71. The van der Waals surface area contributed by atoms with Crippen LogP contribution in [0.3, 0.4) is 0 Å². The molecule has 0 aromatic carbocycles. The zero-order valence-corrected chi connectivity index (χ0v) is 23.9. The largest absolute Gasteiger partial charge is 0.469 e. The van der Waals surface area contributed by atoms with Gasteiger partial charge in [-0.25, -0.2) is 0 Å². The first-order valence-electron chi connectivity index (χ1n) is 14.4. The summed E-state index contributed by atoms with van der Waals surface area (Å²) in [6.07, 6.45) is 7.44. The Morgan fingerprint density at radius 1 is 0.889 bits per heavy atom. The molecule has 36 heavy (non-hydrogen) atoms. The minimum absolute atomic E-state index is 0.0205. The fraction of sp³-hybridized carbons (Fsp3) is 0.903. The first kappa shape index (κ1) is 26.7. The van der Waals surface area contributed by atoms with Crippen LogP contribution < -0.4 is 0 Å². The summed E-state index contributed by atoms with van der Waals surface area (Å²) in [7, 11) is 1.51. The van der Waals surface area contributed by atoms with Crippen LogP contribution in [0.1, 0.15) is 99.8 Å². The van der Waals surface area contributed by atoms with Crippen molar-refractivity contribution in [2.75, 3.05) is 7.11 Å². The molecule has 4 fully saturated rings. The van der Waals surface area contributed by atoms with E-state index in [1.165, 1.54) is 12.7 Å². The van der Waals surface area contributed by atoms with E-state index in [4.69, 9.17) is 4.74 Å². The van der Waals surface area contributed by atoms with Crippen LogP contribution in [0.5, 0.6) is 0 Å². The van der Waals surface area contributed by atoms with Crippen molar-refractivity contribution < 1.29 is 24.9 Å². The molecule has 0 unspecified atom stereocenters. The molecule has 0 amide bonds. The molecule has 5 aliphatic carbocycles. The quantitative estimate of drug-likeness (QED) is 0.336. The molecular weight excluding hydrogens is 452 g/mol. The van der Waals surface area contributed by atoms with E-state index in [1.54, 1.807) is 0 Å². The molecule has 4 saturated carbocycles. The van der Waals surface area contributed by atoms with E-state index in [0.717, 1.165) is 51.4 Å². The van der Waals surface area contributed by atoms with E-state index >= 15 is 0 Å². The zero-order valence-electron chi connectivity index (χ0n) is 23.9. The van der Waals surface area contributed by atoms with Crippen LogP contribution in [-0.4, -0.2) is 46.7 Å². The second-order valence-corrected chi connectivity index (χ2v) is 15.3. The number of carbonyl (C=O) groups excluding carboxylic acids is 1. The maximum Gasteiger partial charge on any atom is 0.311 e. The molecule has 0 aromatic rings. The van der Waals surface area contributed by atoms with Crippen molar-refractivity contribution in [3.05, 3.63) is 11.6 Å². The molecule has 0 bridgehead atoms. The van der Waals surface area contributed by atoms with Gasteiger partial charge in [-0.15, -0.1) is 0 Å². The molecule has 5 aliphatic rings. The van der Waals surface area contributed by atoms with Crippen molar-refractivity contribution in [1.29, 1.82) is 0 Å². The Hall–Kier alpha value is -0.910. The zero-order chi connectivity index (χ0) is 26.7. The smallest absolute Gasteiger partial charge is 0.311 e. The molecule has 0 aromatic heterocycles. The molecule has 204 valence electrons. The van der Waals surface area contributed by atoms with Gasteiger partial charge in [-0.3, -0.25) is 4.79 Å². The van der Waals surface area contributed by atoms with Crippen LogP contribution in [0.4, 0.5) is 0 Å². The molecule has 0 radical (unpaired) electrons. The Morgan fingerprint density at radius 2 is 1.53 bits per heavy atom. The van der Waals surface area contributed by atoms with Crippen LogP contribution in [0.15, 0.2) is 11.6 Å². The summed E-state index contributed by atoms with van der Waals surface area (Å²) in [5.74, 6) is 0.637. The number of rotatable bonds is 1. The number of carbonyl (C=O) groups is 1. The molecular formula is C31H50O5. The van der Waals surface area contributed by atoms with Crippen molar-refractivity contribution in [2.24, 2.45) is 50.2 Å². The van der Waals surface area contributed by atoms with E-state index in [9.17, 15) is 20.1 Å². The number of esters is 1. The van der Waals surface area contributed by atoms with Gasteiger partial charge in [0.05, 0.1) is 24.7 Å². The Kier molecular flexibility index (Phi) is 5.80. The fourth-order valence-electron chi connectivity index (χ4n) is 10.8. The summed E-state index contributed by atoms with van der Waals surface area (Å²) in [6.45, 7) is 15.8. The standard InChI is InChI=1S/C31H50O5/c1-26(2)20-11-12-30(6)21(31(20,7)24(34)22(32)23(26)33)10-9-18-19-17-28(4,25(35)36-8)14-13-27(19,3)15-16-29(18,30)5/h9,19-24,32-34H,10-17H2,1-8H3/t19-,20-,21-,22+,23-,24-,27+,28-,29+,30+,31-/m0/s1. The van der Waals surface area contributed by atoms with Gasteiger partial charge in [-0.2, -0.15) is 0 Å². The summed E-state index contributed by atoms with van der Waals surface area (Å²) < 4.78 is 5.26. The number of fused-ring (bicyclic) bond motifs is 7. The Bertz CT molecular complexity index is 972. The highest BCUT2D eigenvalue weighted by Crippen LogP contribution is 2.75. The first-order valence-corrected chi connectivity index (χ1v) is 14.4. The predicted octanol–water partition coefficient (Wildman–Crippen LogP) is 5.26. The molecule has 0 heterocycles. The lowest BCUT2D eigenvalue weighted by Gasteiger charge is -2.72. The monoisotopic (exact) mass is 502 g/mol. The van der Waals surface area contributed by atoms with Gasteiger partial charge >= 0.3 is 5.97 Å². The Labute approximate surface area is 218 Å². The van der Waals surface area contributed by atoms with Crippen molar-refractivity contribution in [3.63, 3.8) is 0 Å². The van der Waals surface area contributed by atoms with Gasteiger partial charge < -0.3 is 20.1 Å². The minimum Gasteiger partial charge on any atom is -0.469 e. The van der Waals surface area contributed by atoms with Crippen LogP contribution in [0, 0.1) is 50.2 Å². The molecule has 0 spiro atoms. The molecule has 11 atom stereocenters. The topological polar surface area (TPSA) is 87.0 Å².